The number of rotatable bonds is 2. The standard InChI is InChI=1S/C7H7NO2S2/c1-12-5-2-3-7(11)6(4-5)8(9)10/h2-4,11H,1H3. The second kappa shape index (κ2) is 3.82. The topological polar surface area (TPSA) is 43.1 Å². The van der Waals surface area contributed by atoms with E-state index in [0.29, 0.717) is 4.90 Å². The molecule has 0 aliphatic heterocycles. The highest BCUT2D eigenvalue weighted by Gasteiger charge is 2.10. The Bertz CT molecular complexity index is 314. The minimum atomic E-state index is -0.429. The minimum absolute atomic E-state index is 0.0604. The van der Waals surface area contributed by atoms with E-state index in [2.05, 4.69) is 12.6 Å². The third-order valence-corrected chi connectivity index (χ3v) is 2.48. The Hall–Kier alpha value is -0.680. The number of hydrogen-bond donors (Lipinski definition) is 1. The van der Waals surface area contributed by atoms with E-state index in [1.54, 1.807) is 12.1 Å². The van der Waals surface area contributed by atoms with Crippen molar-refractivity contribution >= 4 is 30.1 Å². The van der Waals surface area contributed by atoms with Crippen molar-refractivity contribution in [3.8, 4) is 0 Å². The van der Waals surface area contributed by atoms with Crippen molar-refractivity contribution in [3.63, 3.8) is 0 Å². The highest BCUT2D eigenvalue weighted by molar-refractivity contribution is 7.98. The van der Waals surface area contributed by atoms with Crippen LogP contribution in [0.5, 0.6) is 0 Å². The van der Waals surface area contributed by atoms with E-state index in [0.717, 1.165) is 4.90 Å². The maximum Gasteiger partial charge on any atom is 0.283 e. The summed E-state index contributed by atoms with van der Waals surface area (Å²) in [7, 11) is 0. The van der Waals surface area contributed by atoms with Gasteiger partial charge in [0.2, 0.25) is 0 Å². The van der Waals surface area contributed by atoms with Gasteiger partial charge in [0.1, 0.15) is 0 Å². The normalized spacial score (nSPS) is 9.83. The predicted octanol–water partition coefficient (Wildman–Crippen LogP) is 2.61. The van der Waals surface area contributed by atoms with E-state index in [4.69, 9.17) is 0 Å². The van der Waals surface area contributed by atoms with Gasteiger partial charge in [-0.2, -0.15) is 0 Å². The maximum absolute atomic E-state index is 10.4. The Balaban J connectivity index is 3.17. The van der Waals surface area contributed by atoms with E-state index in [-0.39, 0.29) is 5.69 Å². The molecule has 0 unspecified atom stereocenters. The summed E-state index contributed by atoms with van der Waals surface area (Å²) < 4.78 is 0. The average Bonchev–Trinajstić information content (AvgIpc) is 2.05. The monoisotopic (exact) mass is 201 g/mol. The van der Waals surface area contributed by atoms with Crippen LogP contribution in [-0.4, -0.2) is 11.2 Å². The van der Waals surface area contributed by atoms with Crippen LogP contribution in [-0.2, 0) is 0 Å². The summed E-state index contributed by atoms with van der Waals surface area (Å²) in [6.45, 7) is 0. The predicted molar refractivity (Wildman–Crippen MR) is 52.1 cm³/mol. The van der Waals surface area contributed by atoms with E-state index in [1.165, 1.54) is 17.8 Å². The van der Waals surface area contributed by atoms with Crippen molar-refractivity contribution < 1.29 is 4.92 Å². The Kier molecular flexibility index (Phi) is 2.99. The summed E-state index contributed by atoms with van der Waals surface area (Å²) in [5.74, 6) is 0. The molecule has 3 nitrogen and oxygen atoms in total. The van der Waals surface area contributed by atoms with E-state index < -0.39 is 4.92 Å². The zero-order chi connectivity index (χ0) is 9.14. The van der Waals surface area contributed by atoms with Crippen LogP contribution in [0.15, 0.2) is 28.0 Å². The van der Waals surface area contributed by atoms with Gasteiger partial charge in [0, 0.05) is 11.0 Å². The molecule has 0 aliphatic rings. The molecule has 0 aliphatic carbocycles. The number of hydrogen-bond acceptors (Lipinski definition) is 4. The fourth-order valence-electron chi connectivity index (χ4n) is 0.776. The molecule has 0 radical (unpaired) electrons. The Morgan fingerprint density at radius 2 is 2.25 bits per heavy atom. The van der Waals surface area contributed by atoms with Crippen LogP contribution in [0, 0.1) is 10.1 Å². The lowest BCUT2D eigenvalue weighted by molar-refractivity contribution is -0.387. The quantitative estimate of drug-likeness (QED) is 0.346. The molecule has 0 saturated carbocycles. The van der Waals surface area contributed by atoms with Crippen molar-refractivity contribution in [3.05, 3.63) is 28.3 Å². The van der Waals surface area contributed by atoms with Gasteiger partial charge in [0.15, 0.2) is 0 Å². The summed E-state index contributed by atoms with van der Waals surface area (Å²) in [4.78, 5) is 11.3. The molecule has 1 aromatic rings. The lowest BCUT2D eigenvalue weighted by atomic mass is 10.3. The van der Waals surface area contributed by atoms with Gasteiger partial charge >= 0.3 is 0 Å². The van der Waals surface area contributed by atoms with E-state index >= 15 is 0 Å². The zero-order valence-corrected chi connectivity index (χ0v) is 8.06. The number of thiol groups is 1. The summed E-state index contributed by atoms with van der Waals surface area (Å²) in [5, 5.41) is 10.4. The number of nitro benzene ring substituents is 1. The molecule has 0 bridgehead atoms. The van der Waals surface area contributed by atoms with Gasteiger partial charge in [-0.15, -0.1) is 24.4 Å². The molecule has 12 heavy (non-hydrogen) atoms. The molecule has 64 valence electrons. The fraction of sp³-hybridized carbons (Fsp3) is 0.143. The van der Waals surface area contributed by atoms with E-state index in [1.807, 2.05) is 6.26 Å². The SMILES string of the molecule is CSc1ccc(S)c([N+](=O)[O-])c1. The Morgan fingerprint density at radius 1 is 1.58 bits per heavy atom. The smallest absolute Gasteiger partial charge is 0.258 e. The number of benzene rings is 1. The second-order valence-electron chi connectivity index (χ2n) is 2.11. The first-order valence-corrected chi connectivity index (χ1v) is 4.83. The van der Waals surface area contributed by atoms with Gasteiger partial charge in [-0.05, 0) is 18.4 Å². The molecule has 5 heteroatoms. The van der Waals surface area contributed by atoms with Crippen molar-refractivity contribution in [1.82, 2.24) is 0 Å². The lowest BCUT2D eigenvalue weighted by Crippen LogP contribution is -1.89. The fourth-order valence-corrected chi connectivity index (χ4v) is 1.43. The molecule has 0 heterocycles. The highest BCUT2D eigenvalue weighted by Crippen LogP contribution is 2.27. The molecule has 0 saturated heterocycles. The number of thioether (sulfide) groups is 1. The van der Waals surface area contributed by atoms with Gasteiger partial charge in [0.05, 0.1) is 9.82 Å². The Labute approximate surface area is 79.7 Å². The largest absolute Gasteiger partial charge is 0.283 e. The number of nitro groups is 1. The number of nitrogens with zero attached hydrogens (tertiary/aromatic N) is 1. The van der Waals surface area contributed by atoms with Gasteiger partial charge in [-0.1, -0.05) is 0 Å². The van der Waals surface area contributed by atoms with Gasteiger partial charge < -0.3 is 0 Å². The maximum atomic E-state index is 10.4. The van der Waals surface area contributed by atoms with Crippen molar-refractivity contribution in [2.45, 2.75) is 9.79 Å². The molecule has 0 aromatic heterocycles. The van der Waals surface area contributed by atoms with Crippen LogP contribution in [0.25, 0.3) is 0 Å². The van der Waals surface area contributed by atoms with Crippen LogP contribution in [0.4, 0.5) is 5.69 Å². The first-order chi connectivity index (χ1) is 5.65. The molecule has 0 fully saturated rings. The highest BCUT2D eigenvalue weighted by atomic mass is 32.2. The third kappa shape index (κ3) is 1.92. The first-order valence-electron chi connectivity index (χ1n) is 3.16. The summed E-state index contributed by atoms with van der Waals surface area (Å²) in [5.41, 5.74) is 0.0604. The summed E-state index contributed by atoms with van der Waals surface area (Å²) in [6, 6.07) is 4.96. The molecule has 0 amide bonds. The zero-order valence-electron chi connectivity index (χ0n) is 6.35. The molecule has 0 spiro atoms. The molecular formula is C7H7NO2S2. The summed E-state index contributed by atoms with van der Waals surface area (Å²) in [6.07, 6.45) is 1.87. The van der Waals surface area contributed by atoms with Crippen LogP contribution in [0.3, 0.4) is 0 Å². The molecular weight excluding hydrogens is 194 g/mol. The van der Waals surface area contributed by atoms with Gasteiger partial charge in [-0.25, -0.2) is 0 Å². The molecule has 0 atom stereocenters. The van der Waals surface area contributed by atoms with E-state index in [9.17, 15) is 10.1 Å². The third-order valence-electron chi connectivity index (χ3n) is 1.38. The minimum Gasteiger partial charge on any atom is -0.258 e. The van der Waals surface area contributed by atoms with Crippen molar-refractivity contribution in [2.75, 3.05) is 6.26 Å². The van der Waals surface area contributed by atoms with Crippen LogP contribution in [0.1, 0.15) is 0 Å². The molecule has 1 rings (SSSR count). The van der Waals surface area contributed by atoms with Crippen molar-refractivity contribution in [2.24, 2.45) is 0 Å². The van der Waals surface area contributed by atoms with Gasteiger partial charge in [-0.3, -0.25) is 10.1 Å². The first kappa shape index (κ1) is 9.41. The molecule has 1 aromatic carbocycles. The Morgan fingerprint density at radius 3 is 2.75 bits per heavy atom. The lowest BCUT2D eigenvalue weighted by Gasteiger charge is -1.98. The average molecular weight is 201 g/mol. The van der Waals surface area contributed by atoms with Crippen LogP contribution >= 0.6 is 24.4 Å². The second-order valence-corrected chi connectivity index (χ2v) is 3.47. The van der Waals surface area contributed by atoms with Gasteiger partial charge in [0.25, 0.3) is 5.69 Å². The van der Waals surface area contributed by atoms with Crippen LogP contribution in [0.2, 0.25) is 0 Å². The van der Waals surface area contributed by atoms with Crippen LogP contribution < -0.4 is 0 Å². The van der Waals surface area contributed by atoms with Crippen molar-refractivity contribution in [1.29, 1.82) is 0 Å². The molecule has 0 N–H and O–H groups in total. The summed E-state index contributed by atoms with van der Waals surface area (Å²) >= 11 is 5.44.